The predicted molar refractivity (Wildman–Crippen MR) is 92.6 cm³/mol. The van der Waals surface area contributed by atoms with Crippen molar-refractivity contribution in [1.29, 1.82) is 0 Å². The molecular formula is C19H22ClNO2. The van der Waals surface area contributed by atoms with Crippen LogP contribution in [-0.2, 0) is 17.9 Å². The molecule has 0 aromatic heterocycles. The van der Waals surface area contributed by atoms with Crippen LogP contribution in [0, 0.1) is 5.92 Å². The Kier molecular flexibility index (Phi) is 5.21. The molecule has 2 aromatic carbocycles. The first kappa shape index (κ1) is 16.3. The standard InChI is InChI=1S/C19H22ClNO2/c1-13(2)18(14-6-4-3-5-7-14)21-10-15-8-17(20)9-16-11-22-12-23-19(15)16/h3-9,13,18,21H,10-12H2,1-2H3. The summed E-state index contributed by atoms with van der Waals surface area (Å²) in [7, 11) is 0. The highest BCUT2D eigenvalue weighted by molar-refractivity contribution is 6.30. The summed E-state index contributed by atoms with van der Waals surface area (Å²) in [5.41, 5.74) is 3.39. The van der Waals surface area contributed by atoms with E-state index in [1.165, 1.54) is 5.56 Å². The van der Waals surface area contributed by atoms with E-state index >= 15 is 0 Å². The maximum Gasteiger partial charge on any atom is 0.189 e. The van der Waals surface area contributed by atoms with E-state index in [-0.39, 0.29) is 6.04 Å². The summed E-state index contributed by atoms with van der Waals surface area (Å²) in [5, 5.41) is 4.37. The molecule has 1 aliphatic heterocycles. The van der Waals surface area contributed by atoms with Gasteiger partial charge in [0.2, 0.25) is 0 Å². The van der Waals surface area contributed by atoms with Crippen molar-refractivity contribution < 1.29 is 9.47 Å². The van der Waals surface area contributed by atoms with Gasteiger partial charge in [0, 0.05) is 28.7 Å². The first-order valence-corrected chi connectivity index (χ1v) is 8.33. The molecule has 0 amide bonds. The molecule has 1 heterocycles. The van der Waals surface area contributed by atoms with Crippen LogP contribution in [0.4, 0.5) is 0 Å². The second-order valence-corrected chi connectivity index (χ2v) is 6.61. The Labute approximate surface area is 142 Å². The van der Waals surface area contributed by atoms with Crippen LogP contribution >= 0.6 is 11.6 Å². The summed E-state index contributed by atoms with van der Waals surface area (Å²) in [6.07, 6.45) is 0. The normalized spacial score (nSPS) is 15.1. The average molecular weight is 332 g/mol. The maximum atomic E-state index is 6.24. The molecule has 0 saturated heterocycles. The predicted octanol–water partition coefficient (Wildman–Crippen LogP) is 4.69. The lowest BCUT2D eigenvalue weighted by molar-refractivity contribution is -0.0171. The van der Waals surface area contributed by atoms with Gasteiger partial charge in [-0.3, -0.25) is 0 Å². The van der Waals surface area contributed by atoms with Gasteiger partial charge in [-0.15, -0.1) is 0 Å². The number of benzene rings is 2. The Bertz CT molecular complexity index is 658. The van der Waals surface area contributed by atoms with E-state index < -0.39 is 0 Å². The van der Waals surface area contributed by atoms with E-state index in [2.05, 4.69) is 43.4 Å². The highest BCUT2D eigenvalue weighted by Crippen LogP contribution is 2.32. The topological polar surface area (TPSA) is 30.5 Å². The second-order valence-electron chi connectivity index (χ2n) is 6.18. The fraction of sp³-hybridized carbons (Fsp3) is 0.368. The van der Waals surface area contributed by atoms with Crippen LogP contribution < -0.4 is 10.1 Å². The van der Waals surface area contributed by atoms with Crippen molar-refractivity contribution in [2.45, 2.75) is 33.0 Å². The molecule has 1 atom stereocenters. The van der Waals surface area contributed by atoms with Crippen molar-refractivity contribution in [3.8, 4) is 5.75 Å². The highest BCUT2D eigenvalue weighted by atomic mass is 35.5. The molecule has 122 valence electrons. The van der Waals surface area contributed by atoms with E-state index in [0.29, 0.717) is 25.9 Å². The molecule has 2 aromatic rings. The molecule has 4 heteroatoms. The van der Waals surface area contributed by atoms with Gasteiger partial charge in [0.05, 0.1) is 6.61 Å². The number of rotatable bonds is 5. The van der Waals surface area contributed by atoms with Gasteiger partial charge in [-0.2, -0.15) is 0 Å². The van der Waals surface area contributed by atoms with Crippen LogP contribution in [0.2, 0.25) is 5.02 Å². The molecule has 1 N–H and O–H groups in total. The molecule has 3 rings (SSSR count). The lowest BCUT2D eigenvalue weighted by Gasteiger charge is -2.25. The first-order valence-electron chi connectivity index (χ1n) is 7.95. The van der Waals surface area contributed by atoms with E-state index in [1.807, 2.05) is 18.2 Å². The number of nitrogens with one attached hydrogen (secondary N) is 1. The Balaban J connectivity index is 1.80. The van der Waals surface area contributed by atoms with Gasteiger partial charge in [-0.1, -0.05) is 55.8 Å². The lowest BCUT2D eigenvalue weighted by Crippen LogP contribution is -2.26. The van der Waals surface area contributed by atoms with Crippen molar-refractivity contribution >= 4 is 11.6 Å². The number of hydrogen-bond acceptors (Lipinski definition) is 3. The van der Waals surface area contributed by atoms with Gasteiger partial charge >= 0.3 is 0 Å². The number of ether oxygens (including phenoxy) is 2. The van der Waals surface area contributed by atoms with E-state index in [9.17, 15) is 0 Å². The van der Waals surface area contributed by atoms with Crippen LogP contribution in [0.3, 0.4) is 0 Å². The van der Waals surface area contributed by atoms with Crippen molar-refractivity contribution in [2.24, 2.45) is 5.92 Å². The van der Waals surface area contributed by atoms with Crippen LogP contribution in [0.15, 0.2) is 42.5 Å². The Morgan fingerprint density at radius 2 is 1.96 bits per heavy atom. The minimum Gasteiger partial charge on any atom is -0.467 e. The van der Waals surface area contributed by atoms with Crippen molar-refractivity contribution in [1.82, 2.24) is 5.32 Å². The minimum absolute atomic E-state index is 0.283. The lowest BCUT2D eigenvalue weighted by atomic mass is 9.95. The van der Waals surface area contributed by atoms with Crippen LogP contribution in [0.25, 0.3) is 0 Å². The quantitative estimate of drug-likeness (QED) is 0.862. The van der Waals surface area contributed by atoms with Gasteiger partial charge in [-0.05, 0) is 23.6 Å². The fourth-order valence-corrected chi connectivity index (χ4v) is 3.27. The third kappa shape index (κ3) is 3.86. The maximum absolute atomic E-state index is 6.24. The Morgan fingerprint density at radius 1 is 1.17 bits per heavy atom. The SMILES string of the molecule is CC(C)C(NCc1cc(Cl)cc2c1OCOC2)c1ccccc1. The molecule has 0 bridgehead atoms. The van der Waals surface area contributed by atoms with Gasteiger partial charge in [0.1, 0.15) is 5.75 Å². The van der Waals surface area contributed by atoms with Crippen molar-refractivity contribution in [3.63, 3.8) is 0 Å². The van der Waals surface area contributed by atoms with Gasteiger partial charge < -0.3 is 14.8 Å². The van der Waals surface area contributed by atoms with Crippen molar-refractivity contribution in [2.75, 3.05) is 6.79 Å². The number of hydrogen-bond donors (Lipinski definition) is 1. The monoisotopic (exact) mass is 331 g/mol. The number of fused-ring (bicyclic) bond motifs is 1. The van der Waals surface area contributed by atoms with Gasteiger partial charge in [-0.25, -0.2) is 0 Å². The van der Waals surface area contributed by atoms with Crippen LogP contribution in [-0.4, -0.2) is 6.79 Å². The summed E-state index contributed by atoms with van der Waals surface area (Å²) < 4.78 is 11.0. The van der Waals surface area contributed by atoms with Crippen molar-refractivity contribution in [3.05, 3.63) is 64.2 Å². The fourth-order valence-electron chi connectivity index (χ4n) is 3.01. The molecule has 0 saturated carbocycles. The van der Waals surface area contributed by atoms with Gasteiger partial charge in [0.15, 0.2) is 6.79 Å². The molecule has 1 unspecified atom stereocenters. The molecule has 3 nitrogen and oxygen atoms in total. The number of halogens is 1. The summed E-state index contributed by atoms with van der Waals surface area (Å²) in [5.74, 6) is 1.39. The zero-order valence-electron chi connectivity index (χ0n) is 13.5. The van der Waals surface area contributed by atoms with E-state index in [4.69, 9.17) is 21.1 Å². The molecule has 23 heavy (non-hydrogen) atoms. The zero-order chi connectivity index (χ0) is 16.2. The Morgan fingerprint density at radius 3 is 2.70 bits per heavy atom. The molecule has 0 spiro atoms. The third-order valence-corrected chi connectivity index (χ3v) is 4.31. The molecular weight excluding hydrogens is 310 g/mol. The third-order valence-electron chi connectivity index (χ3n) is 4.09. The smallest absolute Gasteiger partial charge is 0.189 e. The summed E-state index contributed by atoms with van der Waals surface area (Å²) >= 11 is 6.24. The van der Waals surface area contributed by atoms with E-state index in [1.54, 1.807) is 0 Å². The molecule has 0 aliphatic carbocycles. The van der Waals surface area contributed by atoms with E-state index in [0.717, 1.165) is 21.9 Å². The first-order chi connectivity index (χ1) is 11.1. The zero-order valence-corrected chi connectivity index (χ0v) is 14.3. The second kappa shape index (κ2) is 7.35. The summed E-state index contributed by atoms with van der Waals surface area (Å²) in [4.78, 5) is 0. The Hall–Kier alpha value is -1.55. The molecule has 0 fully saturated rings. The van der Waals surface area contributed by atoms with Crippen LogP contribution in [0.5, 0.6) is 5.75 Å². The van der Waals surface area contributed by atoms with Crippen LogP contribution in [0.1, 0.15) is 36.6 Å². The molecule has 1 aliphatic rings. The van der Waals surface area contributed by atoms with Gasteiger partial charge in [0.25, 0.3) is 0 Å². The summed E-state index contributed by atoms with van der Waals surface area (Å²) in [6, 6.07) is 14.7. The highest BCUT2D eigenvalue weighted by Gasteiger charge is 2.19. The largest absolute Gasteiger partial charge is 0.467 e. The molecule has 0 radical (unpaired) electrons. The summed E-state index contributed by atoms with van der Waals surface area (Å²) in [6.45, 7) is 6.01. The average Bonchev–Trinajstić information content (AvgIpc) is 2.55. The minimum atomic E-state index is 0.283.